The summed E-state index contributed by atoms with van der Waals surface area (Å²) in [6.07, 6.45) is 1.93. The third-order valence-electron chi connectivity index (χ3n) is 2.74. The molecule has 8 heteroatoms. The Morgan fingerprint density at radius 3 is 2.85 bits per heavy atom. The van der Waals surface area contributed by atoms with Crippen LogP contribution in [0.25, 0.3) is 0 Å². The Morgan fingerprint density at radius 2 is 2.25 bits per heavy atom. The molecule has 0 aliphatic heterocycles. The van der Waals surface area contributed by atoms with Crippen molar-refractivity contribution in [1.82, 2.24) is 14.9 Å². The van der Waals surface area contributed by atoms with Gasteiger partial charge in [-0.05, 0) is 13.3 Å². The van der Waals surface area contributed by atoms with Crippen LogP contribution in [0.1, 0.15) is 19.4 Å². The number of amides is 1. The largest absolute Gasteiger partial charge is 0.489 e. The molecule has 0 spiro atoms. The van der Waals surface area contributed by atoms with Crippen LogP contribution >= 0.6 is 11.6 Å². The molecular weight excluding hydrogens is 286 g/mol. The number of rotatable bonds is 7. The summed E-state index contributed by atoms with van der Waals surface area (Å²) in [6, 6.07) is -0.705. The number of carbonyl (C=O) groups excluding carboxylic acids is 1. The fraction of sp³-hybridized carbons (Fsp3) is 0.583. The Balaban J connectivity index is 2.79. The highest BCUT2D eigenvalue weighted by Crippen LogP contribution is 2.16. The second-order valence-electron chi connectivity index (χ2n) is 4.09. The summed E-state index contributed by atoms with van der Waals surface area (Å²) in [6.45, 7) is 2.64. The number of methoxy groups -OCH3 is 2. The van der Waals surface area contributed by atoms with E-state index < -0.39 is 11.6 Å². The van der Waals surface area contributed by atoms with Crippen molar-refractivity contribution in [1.29, 1.82) is 0 Å². The van der Waals surface area contributed by atoms with E-state index in [1.54, 1.807) is 14.0 Å². The molecule has 0 fully saturated rings. The summed E-state index contributed by atoms with van der Waals surface area (Å²) in [5.41, 5.74) is -0.493. The van der Waals surface area contributed by atoms with Gasteiger partial charge in [-0.15, -0.1) is 0 Å². The van der Waals surface area contributed by atoms with Gasteiger partial charge in [-0.2, -0.15) is 0 Å². The second-order valence-corrected chi connectivity index (χ2v) is 4.45. The van der Waals surface area contributed by atoms with Gasteiger partial charge in [0.2, 0.25) is 11.7 Å². The van der Waals surface area contributed by atoms with Crippen LogP contribution in [0, 0.1) is 0 Å². The lowest BCUT2D eigenvalue weighted by Crippen LogP contribution is -2.36. The maximum Gasteiger partial charge on any atom is 0.298 e. The molecule has 0 aliphatic rings. The summed E-state index contributed by atoms with van der Waals surface area (Å²) in [4.78, 5) is 27.8. The summed E-state index contributed by atoms with van der Waals surface area (Å²) in [7, 11) is 2.92. The Bertz CT molecular complexity index is 518. The molecule has 1 N–H and O–H groups in total. The third-order valence-corrected chi connectivity index (χ3v) is 3.01. The maximum atomic E-state index is 12.1. The van der Waals surface area contributed by atoms with Crippen LogP contribution in [0.5, 0.6) is 5.75 Å². The molecule has 0 saturated carbocycles. The topological polar surface area (TPSA) is 82.4 Å². The van der Waals surface area contributed by atoms with Crippen molar-refractivity contribution >= 4 is 17.5 Å². The van der Waals surface area contributed by atoms with Crippen molar-refractivity contribution in [3.05, 3.63) is 21.8 Å². The van der Waals surface area contributed by atoms with E-state index in [-0.39, 0.29) is 16.8 Å². The SMILES string of the molecule is COCCCNC(=O)C(C)n1cnc(Cl)c(OC)c1=O. The van der Waals surface area contributed by atoms with Crippen LogP contribution in [0.2, 0.25) is 5.15 Å². The second kappa shape index (κ2) is 7.86. The van der Waals surface area contributed by atoms with Gasteiger partial charge in [-0.25, -0.2) is 4.98 Å². The first-order valence-electron chi connectivity index (χ1n) is 6.10. The first-order valence-corrected chi connectivity index (χ1v) is 6.48. The van der Waals surface area contributed by atoms with Crippen molar-refractivity contribution in [2.45, 2.75) is 19.4 Å². The van der Waals surface area contributed by atoms with Gasteiger partial charge in [0.25, 0.3) is 5.56 Å². The molecule has 0 bridgehead atoms. The quantitative estimate of drug-likeness (QED) is 0.590. The lowest BCUT2D eigenvalue weighted by Gasteiger charge is -2.15. The first-order chi connectivity index (χ1) is 9.52. The Kier molecular flexibility index (Phi) is 6.47. The van der Waals surface area contributed by atoms with Crippen LogP contribution in [-0.2, 0) is 9.53 Å². The van der Waals surface area contributed by atoms with E-state index in [1.807, 2.05) is 0 Å². The molecule has 0 aromatic carbocycles. The lowest BCUT2D eigenvalue weighted by atomic mass is 10.3. The Labute approximate surface area is 121 Å². The molecule has 1 aromatic rings. The number of carbonyl (C=O) groups is 1. The number of nitrogens with zero attached hydrogens (tertiary/aromatic N) is 2. The Morgan fingerprint density at radius 1 is 1.55 bits per heavy atom. The summed E-state index contributed by atoms with van der Waals surface area (Å²) >= 11 is 5.74. The number of aromatic nitrogens is 2. The highest BCUT2D eigenvalue weighted by Gasteiger charge is 2.19. The maximum absolute atomic E-state index is 12.1. The van der Waals surface area contributed by atoms with Gasteiger partial charge in [-0.3, -0.25) is 14.2 Å². The lowest BCUT2D eigenvalue weighted by molar-refractivity contribution is -0.124. The minimum Gasteiger partial charge on any atom is -0.489 e. The standard InChI is InChI=1S/C12H18ClN3O4/c1-8(11(17)14-5-4-6-19-2)16-7-15-10(13)9(20-3)12(16)18/h7-8H,4-6H2,1-3H3,(H,14,17). The molecule has 1 rings (SSSR count). The highest BCUT2D eigenvalue weighted by atomic mass is 35.5. The van der Waals surface area contributed by atoms with Crippen molar-refractivity contribution in [2.75, 3.05) is 27.4 Å². The average Bonchev–Trinajstić information content (AvgIpc) is 2.43. The number of nitrogens with one attached hydrogen (secondary N) is 1. The zero-order chi connectivity index (χ0) is 15.1. The van der Waals surface area contributed by atoms with Gasteiger partial charge in [0.15, 0.2) is 5.15 Å². The van der Waals surface area contributed by atoms with Crippen molar-refractivity contribution in [2.24, 2.45) is 0 Å². The van der Waals surface area contributed by atoms with Gasteiger partial charge < -0.3 is 14.8 Å². The van der Waals surface area contributed by atoms with Gasteiger partial charge in [0.05, 0.1) is 7.11 Å². The van der Waals surface area contributed by atoms with Crippen molar-refractivity contribution in [3.63, 3.8) is 0 Å². The van der Waals surface area contributed by atoms with Crippen LogP contribution < -0.4 is 15.6 Å². The molecular formula is C12H18ClN3O4. The zero-order valence-corrected chi connectivity index (χ0v) is 12.4. The number of hydrogen-bond acceptors (Lipinski definition) is 5. The minimum atomic E-state index is -0.705. The molecule has 0 radical (unpaired) electrons. The van der Waals surface area contributed by atoms with Gasteiger partial charge >= 0.3 is 0 Å². The van der Waals surface area contributed by atoms with E-state index in [2.05, 4.69) is 10.3 Å². The minimum absolute atomic E-state index is 0.0264. The summed E-state index contributed by atoms with van der Waals surface area (Å²) in [5.74, 6) is -0.359. The van der Waals surface area contributed by atoms with Gasteiger partial charge in [-0.1, -0.05) is 11.6 Å². The number of halogens is 1. The molecule has 0 saturated heterocycles. The van der Waals surface area contributed by atoms with E-state index in [0.29, 0.717) is 19.6 Å². The van der Waals surface area contributed by atoms with E-state index in [1.165, 1.54) is 18.0 Å². The van der Waals surface area contributed by atoms with Crippen molar-refractivity contribution < 1.29 is 14.3 Å². The summed E-state index contributed by atoms with van der Waals surface area (Å²) in [5, 5.41) is 2.69. The predicted octanol–water partition coefficient (Wildman–Crippen LogP) is 0.619. The van der Waals surface area contributed by atoms with Crippen LogP contribution in [-0.4, -0.2) is 42.8 Å². The smallest absolute Gasteiger partial charge is 0.298 e. The fourth-order valence-electron chi connectivity index (χ4n) is 1.58. The normalized spacial score (nSPS) is 12.0. The molecule has 1 atom stereocenters. The van der Waals surface area contributed by atoms with Gasteiger partial charge in [0, 0.05) is 20.3 Å². The Hall–Kier alpha value is -1.60. The van der Waals surface area contributed by atoms with Crippen LogP contribution in [0.4, 0.5) is 0 Å². The molecule has 20 heavy (non-hydrogen) atoms. The average molecular weight is 304 g/mol. The molecule has 7 nitrogen and oxygen atoms in total. The third kappa shape index (κ3) is 3.94. The van der Waals surface area contributed by atoms with E-state index in [4.69, 9.17) is 21.1 Å². The number of hydrogen-bond donors (Lipinski definition) is 1. The van der Waals surface area contributed by atoms with E-state index >= 15 is 0 Å². The van der Waals surface area contributed by atoms with Gasteiger partial charge in [0.1, 0.15) is 12.4 Å². The highest BCUT2D eigenvalue weighted by molar-refractivity contribution is 6.30. The van der Waals surface area contributed by atoms with E-state index in [0.717, 1.165) is 0 Å². The van der Waals surface area contributed by atoms with E-state index in [9.17, 15) is 9.59 Å². The monoisotopic (exact) mass is 303 g/mol. The molecule has 1 amide bonds. The molecule has 1 heterocycles. The van der Waals surface area contributed by atoms with Crippen molar-refractivity contribution in [3.8, 4) is 5.75 Å². The van der Waals surface area contributed by atoms with Crippen LogP contribution in [0.3, 0.4) is 0 Å². The molecule has 1 aromatic heterocycles. The van der Waals surface area contributed by atoms with Crippen LogP contribution in [0.15, 0.2) is 11.1 Å². The molecule has 1 unspecified atom stereocenters. The molecule has 0 aliphatic carbocycles. The first kappa shape index (κ1) is 16.5. The summed E-state index contributed by atoms with van der Waals surface area (Å²) < 4.78 is 10.9. The zero-order valence-electron chi connectivity index (χ0n) is 11.7. The molecule has 112 valence electrons. The fourth-order valence-corrected chi connectivity index (χ4v) is 1.78. The predicted molar refractivity (Wildman–Crippen MR) is 74.3 cm³/mol. The number of ether oxygens (including phenoxy) is 2.